The average molecular weight is 279 g/mol. The maximum absolute atomic E-state index is 11.9. The van der Waals surface area contributed by atoms with Gasteiger partial charge in [-0.1, -0.05) is 22.0 Å². The Hall–Kier alpha value is -1.34. The first-order valence-electron chi connectivity index (χ1n) is 5.09. The van der Waals surface area contributed by atoms with Crippen LogP contribution in [0, 0.1) is 18.3 Å². The fourth-order valence-electron chi connectivity index (χ4n) is 1.85. The minimum atomic E-state index is -0.0855. The Balaban J connectivity index is 2.41. The zero-order valence-corrected chi connectivity index (χ0v) is 10.5. The van der Waals surface area contributed by atoms with Crippen LogP contribution in [0.5, 0.6) is 0 Å². The van der Waals surface area contributed by atoms with Crippen molar-refractivity contribution in [3.8, 4) is 6.07 Å². The summed E-state index contributed by atoms with van der Waals surface area (Å²) in [4.78, 5) is 13.5. The van der Waals surface area contributed by atoms with Gasteiger partial charge < -0.3 is 4.90 Å². The largest absolute Gasteiger partial charge is 0.311 e. The van der Waals surface area contributed by atoms with Gasteiger partial charge in [-0.25, -0.2) is 0 Å². The van der Waals surface area contributed by atoms with Gasteiger partial charge in [0.2, 0.25) is 5.91 Å². The predicted octanol–water partition coefficient (Wildman–Crippen LogP) is 2.37. The average Bonchev–Trinajstić information content (AvgIpc) is 2.61. The van der Waals surface area contributed by atoms with E-state index in [1.807, 2.05) is 13.0 Å². The van der Waals surface area contributed by atoms with E-state index in [0.717, 1.165) is 17.7 Å². The van der Waals surface area contributed by atoms with Gasteiger partial charge in [-0.05, 0) is 31.0 Å². The standard InChI is InChI=1S/C12H11BrN2O/c1-8-2-3-9(7-14)6-11(8)15-5-4-10(13)12(15)16/h2-3,6,10H,4-5H2,1H3. The van der Waals surface area contributed by atoms with Crippen LogP contribution in [0.4, 0.5) is 5.69 Å². The van der Waals surface area contributed by atoms with Gasteiger partial charge in [0.15, 0.2) is 0 Å². The maximum Gasteiger partial charge on any atom is 0.240 e. The minimum Gasteiger partial charge on any atom is -0.311 e. The second-order valence-corrected chi connectivity index (χ2v) is 4.96. The summed E-state index contributed by atoms with van der Waals surface area (Å²) in [5, 5.41) is 8.85. The molecular weight excluding hydrogens is 268 g/mol. The van der Waals surface area contributed by atoms with Gasteiger partial charge in [-0.2, -0.15) is 5.26 Å². The predicted molar refractivity (Wildman–Crippen MR) is 65.6 cm³/mol. The van der Waals surface area contributed by atoms with Gasteiger partial charge in [0, 0.05) is 12.2 Å². The Bertz CT molecular complexity index is 478. The molecule has 4 heteroatoms. The minimum absolute atomic E-state index is 0.0817. The topological polar surface area (TPSA) is 44.1 Å². The normalized spacial score (nSPS) is 19.9. The SMILES string of the molecule is Cc1ccc(C#N)cc1N1CCC(Br)C1=O. The first kappa shape index (κ1) is 11.2. The van der Waals surface area contributed by atoms with Crippen molar-refractivity contribution >= 4 is 27.5 Å². The molecule has 3 nitrogen and oxygen atoms in total. The van der Waals surface area contributed by atoms with Crippen LogP contribution >= 0.6 is 15.9 Å². The molecule has 1 aromatic carbocycles. The second-order valence-electron chi connectivity index (χ2n) is 3.86. The number of alkyl halides is 1. The molecule has 0 saturated carbocycles. The number of hydrogen-bond donors (Lipinski definition) is 0. The molecule has 0 N–H and O–H groups in total. The van der Waals surface area contributed by atoms with Crippen LogP contribution in [0.1, 0.15) is 17.5 Å². The lowest BCUT2D eigenvalue weighted by Crippen LogP contribution is -2.27. The van der Waals surface area contributed by atoms with Crippen molar-refractivity contribution in [1.82, 2.24) is 0 Å². The molecule has 1 aromatic rings. The van der Waals surface area contributed by atoms with Crippen molar-refractivity contribution in [2.45, 2.75) is 18.2 Å². The van der Waals surface area contributed by atoms with E-state index in [-0.39, 0.29) is 10.7 Å². The van der Waals surface area contributed by atoms with Crippen molar-refractivity contribution in [1.29, 1.82) is 5.26 Å². The molecule has 82 valence electrons. The Kier molecular flexibility index (Phi) is 2.97. The summed E-state index contributed by atoms with van der Waals surface area (Å²) in [6, 6.07) is 7.52. The van der Waals surface area contributed by atoms with Crippen molar-refractivity contribution in [3.05, 3.63) is 29.3 Å². The zero-order valence-electron chi connectivity index (χ0n) is 8.90. The number of halogens is 1. The lowest BCUT2D eigenvalue weighted by Gasteiger charge is -2.18. The van der Waals surface area contributed by atoms with Gasteiger partial charge in [-0.15, -0.1) is 0 Å². The highest BCUT2D eigenvalue weighted by atomic mass is 79.9. The van der Waals surface area contributed by atoms with Crippen molar-refractivity contribution in [3.63, 3.8) is 0 Å². The molecule has 16 heavy (non-hydrogen) atoms. The highest BCUT2D eigenvalue weighted by molar-refractivity contribution is 9.10. The number of carbonyl (C=O) groups is 1. The number of rotatable bonds is 1. The van der Waals surface area contributed by atoms with Crippen LogP contribution in [-0.4, -0.2) is 17.3 Å². The van der Waals surface area contributed by atoms with E-state index in [4.69, 9.17) is 5.26 Å². The van der Waals surface area contributed by atoms with Gasteiger partial charge in [0.1, 0.15) is 0 Å². The van der Waals surface area contributed by atoms with E-state index in [0.29, 0.717) is 12.1 Å². The molecular formula is C12H11BrN2O. The van der Waals surface area contributed by atoms with Gasteiger partial charge in [0.25, 0.3) is 0 Å². The lowest BCUT2D eigenvalue weighted by atomic mass is 10.1. The van der Waals surface area contributed by atoms with Crippen molar-refractivity contribution < 1.29 is 4.79 Å². The number of aryl methyl sites for hydroxylation is 1. The van der Waals surface area contributed by atoms with E-state index >= 15 is 0 Å². The monoisotopic (exact) mass is 278 g/mol. The molecule has 1 atom stereocenters. The number of hydrogen-bond acceptors (Lipinski definition) is 2. The number of nitriles is 1. The Labute approximate surface area is 103 Å². The summed E-state index contributed by atoms with van der Waals surface area (Å²) in [6.45, 7) is 2.66. The third-order valence-corrected chi connectivity index (χ3v) is 3.62. The number of anilines is 1. The number of carbonyl (C=O) groups excluding carboxylic acids is 1. The third-order valence-electron chi connectivity index (χ3n) is 2.77. The van der Waals surface area contributed by atoms with E-state index in [1.165, 1.54) is 0 Å². The first-order valence-corrected chi connectivity index (χ1v) is 6.01. The summed E-state index contributed by atoms with van der Waals surface area (Å²) < 4.78 is 0. The molecule has 0 radical (unpaired) electrons. The maximum atomic E-state index is 11.9. The van der Waals surface area contributed by atoms with Gasteiger partial charge in [0.05, 0.1) is 16.5 Å². The molecule has 1 saturated heterocycles. The van der Waals surface area contributed by atoms with Crippen LogP contribution in [0.3, 0.4) is 0 Å². The van der Waals surface area contributed by atoms with Crippen LogP contribution in [0.15, 0.2) is 18.2 Å². The van der Waals surface area contributed by atoms with E-state index in [1.54, 1.807) is 17.0 Å². The fourth-order valence-corrected chi connectivity index (χ4v) is 2.31. The molecule has 1 aliphatic heterocycles. The Morgan fingerprint density at radius 1 is 1.56 bits per heavy atom. The number of amides is 1. The summed E-state index contributed by atoms with van der Waals surface area (Å²) in [5.41, 5.74) is 2.46. The Morgan fingerprint density at radius 3 is 2.88 bits per heavy atom. The van der Waals surface area contributed by atoms with Crippen LogP contribution in [-0.2, 0) is 4.79 Å². The molecule has 1 amide bonds. The molecule has 1 fully saturated rings. The highest BCUT2D eigenvalue weighted by Crippen LogP contribution is 2.28. The molecule has 0 aliphatic carbocycles. The highest BCUT2D eigenvalue weighted by Gasteiger charge is 2.31. The van der Waals surface area contributed by atoms with Crippen LogP contribution in [0.25, 0.3) is 0 Å². The van der Waals surface area contributed by atoms with Crippen LogP contribution in [0.2, 0.25) is 0 Å². The van der Waals surface area contributed by atoms with E-state index in [2.05, 4.69) is 22.0 Å². The molecule has 0 spiro atoms. The van der Waals surface area contributed by atoms with E-state index < -0.39 is 0 Å². The summed E-state index contributed by atoms with van der Waals surface area (Å²) >= 11 is 3.35. The van der Waals surface area contributed by atoms with Crippen LogP contribution < -0.4 is 4.90 Å². The van der Waals surface area contributed by atoms with Gasteiger partial charge in [-0.3, -0.25) is 4.79 Å². The summed E-state index contributed by atoms with van der Waals surface area (Å²) in [5.74, 6) is 0.0817. The third kappa shape index (κ3) is 1.83. The number of benzene rings is 1. The molecule has 1 aliphatic rings. The second kappa shape index (κ2) is 4.26. The quantitative estimate of drug-likeness (QED) is 0.741. The number of nitrogens with zero attached hydrogens (tertiary/aromatic N) is 2. The first-order chi connectivity index (χ1) is 7.63. The lowest BCUT2D eigenvalue weighted by molar-refractivity contribution is -0.116. The van der Waals surface area contributed by atoms with Crippen molar-refractivity contribution in [2.24, 2.45) is 0 Å². The molecule has 1 unspecified atom stereocenters. The molecule has 0 bridgehead atoms. The molecule has 2 rings (SSSR count). The zero-order chi connectivity index (χ0) is 11.7. The van der Waals surface area contributed by atoms with E-state index in [9.17, 15) is 4.79 Å². The molecule has 0 aromatic heterocycles. The fraction of sp³-hybridized carbons (Fsp3) is 0.333. The Morgan fingerprint density at radius 2 is 2.31 bits per heavy atom. The van der Waals surface area contributed by atoms with Gasteiger partial charge >= 0.3 is 0 Å². The molecule has 1 heterocycles. The van der Waals surface area contributed by atoms with Crippen molar-refractivity contribution in [2.75, 3.05) is 11.4 Å². The smallest absolute Gasteiger partial charge is 0.240 e. The summed E-state index contributed by atoms with van der Waals surface area (Å²) in [7, 11) is 0. The summed E-state index contributed by atoms with van der Waals surface area (Å²) in [6.07, 6.45) is 0.815.